The number of carbonyl (C=O) groups excluding carboxylic acids is 2. The van der Waals surface area contributed by atoms with Crippen LogP contribution >= 0.6 is 38.5 Å². The summed E-state index contributed by atoms with van der Waals surface area (Å²) in [4.78, 5) is 29.4. The largest absolute Gasteiger partial charge is 0.454 e. The van der Waals surface area contributed by atoms with Crippen molar-refractivity contribution in [1.82, 2.24) is 10.4 Å². The van der Waals surface area contributed by atoms with Crippen LogP contribution in [-0.2, 0) is 0 Å². The Morgan fingerprint density at radius 2 is 1.80 bits per heavy atom. The van der Waals surface area contributed by atoms with Gasteiger partial charge in [0.2, 0.25) is 6.79 Å². The molecule has 0 atom stereocenters. The molecule has 0 unspecified atom stereocenters. The summed E-state index contributed by atoms with van der Waals surface area (Å²) >= 11 is 5.69. The zero-order valence-corrected chi connectivity index (χ0v) is 24.4. The number of hydrogen-bond acceptors (Lipinski definition) is 6. The normalized spacial score (nSPS) is 12.2. The Labute approximate surface area is 250 Å². The molecule has 40 heavy (non-hydrogen) atoms. The molecule has 6 rings (SSSR count). The molecule has 0 radical (unpaired) electrons. The van der Waals surface area contributed by atoms with E-state index in [2.05, 4.69) is 54.0 Å². The van der Waals surface area contributed by atoms with Crippen LogP contribution in [0.25, 0.3) is 22.0 Å². The van der Waals surface area contributed by atoms with Crippen molar-refractivity contribution >= 4 is 67.5 Å². The van der Waals surface area contributed by atoms with Gasteiger partial charge >= 0.3 is 5.97 Å². The predicted octanol–water partition coefficient (Wildman–Crippen LogP) is 6.91. The van der Waals surface area contributed by atoms with E-state index >= 15 is 0 Å². The Bertz CT molecular complexity index is 1800. The molecule has 0 saturated carbocycles. The summed E-state index contributed by atoms with van der Waals surface area (Å²) in [7, 11) is 0. The number of halogens is 2. The molecule has 0 fully saturated rings. The Morgan fingerprint density at radius 3 is 2.65 bits per heavy atom. The van der Waals surface area contributed by atoms with Gasteiger partial charge in [-0.2, -0.15) is 5.10 Å². The maximum Gasteiger partial charge on any atom is 0.343 e. The number of benzene rings is 4. The SMILES string of the molecule is O=C(Oc1ccc(Br)cc1C=NNC(=O)c1[nH]c2ccc(I)cc2c1-c1ccccc1)c1ccc2c(c1)OCO2. The van der Waals surface area contributed by atoms with Crippen molar-refractivity contribution in [2.24, 2.45) is 5.10 Å². The van der Waals surface area contributed by atoms with E-state index in [4.69, 9.17) is 14.2 Å². The second-order valence-electron chi connectivity index (χ2n) is 8.77. The molecule has 10 heteroatoms. The Balaban J connectivity index is 1.25. The summed E-state index contributed by atoms with van der Waals surface area (Å²) in [6.07, 6.45) is 1.43. The first-order valence-electron chi connectivity index (χ1n) is 12.1. The number of esters is 1. The van der Waals surface area contributed by atoms with Crippen LogP contribution in [0.15, 0.2) is 94.5 Å². The topological polar surface area (TPSA) is 102 Å². The van der Waals surface area contributed by atoms with Gasteiger partial charge in [0.05, 0.1) is 11.8 Å². The molecule has 0 aliphatic carbocycles. The molecular formula is C30H19BrIN3O5. The first-order valence-corrected chi connectivity index (χ1v) is 13.9. The van der Waals surface area contributed by atoms with Crippen LogP contribution in [0.5, 0.6) is 17.2 Å². The van der Waals surface area contributed by atoms with Crippen LogP contribution < -0.4 is 19.6 Å². The maximum absolute atomic E-state index is 13.3. The Hall–Kier alpha value is -4.16. The maximum atomic E-state index is 13.3. The molecule has 5 aromatic rings. The molecule has 198 valence electrons. The zero-order valence-electron chi connectivity index (χ0n) is 20.6. The van der Waals surface area contributed by atoms with Gasteiger partial charge < -0.3 is 19.2 Å². The average Bonchev–Trinajstić information content (AvgIpc) is 3.59. The van der Waals surface area contributed by atoms with Crippen LogP contribution in [0.1, 0.15) is 26.4 Å². The lowest BCUT2D eigenvalue weighted by atomic mass is 10.0. The second kappa shape index (κ2) is 11.1. The van der Waals surface area contributed by atoms with Gasteiger partial charge in [0.25, 0.3) is 5.91 Å². The first-order chi connectivity index (χ1) is 19.5. The molecule has 1 aliphatic rings. The number of rotatable bonds is 6. The number of nitrogens with zero attached hydrogens (tertiary/aromatic N) is 1. The van der Waals surface area contributed by atoms with E-state index in [1.807, 2.05) is 48.5 Å². The van der Waals surface area contributed by atoms with E-state index in [1.54, 1.807) is 36.4 Å². The predicted molar refractivity (Wildman–Crippen MR) is 163 cm³/mol. The average molecular weight is 708 g/mol. The number of aromatic nitrogens is 1. The summed E-state index contributed by atoms with van der Waals surface area (Å²) in [5.74, 6) is 0.351. The number of ether oxygens (including phenoxy) is 3. The van der Waals surface area contributed by atoms with E-state index in [1.165, 1.54) is 6.21 Å². The molecule has 0 saturated heterocycles. The fraction of sp³-hybridized carbons (Fsp3) is 0.0333. The van der Waals surface area contributed by atoms with E-state index in [0.29, 0.717) is 28.3 Å². The highest BCUT2D eigenvalue weighted by atomic mass is 127. The van der Waals surface area contributed by atoms with E-state index in [9.17, 15) is 9.59 Å². The van der Waals surface area contributed by atoms with Crippen LogP contribution in [0.4, 0.5) is 0 Å². The number of fused-ring (bicyclic) bond motifs is 2. The number of hydrazone groups is 1. The summed E-state index contributed by atoms with van der Waals surface area (Å²) in [5, 5.41) is 5.12. The van der Waals surface area contributed by atoms with Crippen LogP contribution in [0, 0.1) is 3.57 Å². The number of H-pyrrole nitrogens is 1. The van der Waals surface area contributed by atoms with Crippen LogP contribution in [0.3, 0.4) is 0 Å². The third-order valence-electron chi connectivity index (χ3n) is 6.20. The quantitative estimate of drug-likeness (QED) is 0.0657. The van der Waals surface area contributed by atoms with Gasteiger partial charge in [0.15, 0.2) is 11.5 Å². The van der Waals surface area contributed by atoms with Crippen molar-refractivity contribution in [2.45, 2.75) is 0 Å². The van der Waals surface area contributed by atoms with Gasteiger partial charge in [-0.15, -0.1) is 0 Å². The molecular weight excluding hydrogens is 689 g/mol. The van der Waals surface area contributed by atoms with Crippen molar-refractivity contribution in [3.05, 3.63) is 110 Å². The minimum Gasteiger partial charge on any atom is -0.454 e. The zero-order chi connectivity index (χ0) is 27.6. The molecule has 2 N–H and O–H groups in total. The van der Waals surface area contributed by atoms with Crippen molar-refractivity contribution in [3.8, 4) is 28.4 Å². The minimum atomic E-state index is -0.570. The molecule has 1 amide bonds. The first kappa shape index (κ1) is 26.1. The smallest absolute Gasteiger partial charge is 0.343 e. The van der Waals surface area contributed by atoms with E-state index in [0.717, 1.165) is 30.1 Å². The highest BCUT2D eigenvalue weighted by Crippen LogP contribution is 2.34. The second-order valence-corrected chi connectivity index (χ2v) is 10.9. The van der Waals surface area contributed by atoms with E-state index in [-0.39, 0.29) is 12.5 Å². The number of aromatic amines is 1. The number of amides is 1. The third kappa shape index (κ3) is 5.32. The van der Waals surface area contributed by atoms with E-state index < -0.39 is 11.9 Å². The molecule has 2 heterocycles. The lowest BCUT2D eigenvalue weighted by Crippen LogP contribution is -2.19. The lowest BCUT2D eigenvalue weighted by Gasteiger charge is -2.09. The van der Waals surface area contributed by atoms with Crippen LogP contribution in [0.2, 0.25) is 0 Å². The van der Waals surface area contributed by atoms with Gasteiger partial charge in [-0.1, -0.05) is 46.3 Å². The van der Waals surface area contributed by atoms with Crippen molar-refractivity contribution < 1.29 is 23.8 Å². The number of nitrogens with one attached hydrogen (secondary N) is 2. The highest BCUT2D eigenvalue weighted by Gasteiger charge is 2.20. The minimum absolute atomic E-state index is 0.109. The number of carbonyl (C=O) groups is 2. The van der Waals surface area contributed by atoms with Gasteiger partial charge in [0.1, 0.15) is 11.4 Å². The van der Waals surface area contributed by atoms with Gasteiger partial charge in [-0.25, -0.2) is 10.2 Å². The van der Waals surface area contributed by atoms with Gasteiger partial charge in [-0.05, 0) is 82.8 Å². The van der Waals surface area contributed by atoms with Crippen molar-refractivity contribution in [1.29, 1.82) is 0 Å². The molecule has 0 bridgehead atoms. The summed E-state index contributed by atoms with van der Waals surface area (Å²) in [6.45, 7) is 0.109. The monoisotopic (exact) mass is 707 g/mol. The lowest BCUT2D eigenvalue weighted by molar-refractivity contribution is 0.0733. The fourth-order valence-electron chi connectivity index (χ4n) is 4.35. The summed E-state index contributed by atoms with van der Waals surface area (Å²) < 4.78 is 18.1. The molecule has 0 spiro atoms. The third-order valence-corrected chi connectivity index (χ3v) is 7.37. The summed E-state index contributed by atoms with van der Waals surface area (Å²) in [6, 6.07) is 25.7. The summed E-state index contributed by atoms with van der Waals surface area (Å²) in [5.41, 5.74) is 6.34. The van der Waals surface area contributed by atoms with Gasteiger partial charge in [0, 0.05) is 30.1 Å². The standard InChI is InChI=1S/C30H19BrIN3O5/c31-20-7-11-24(40-30(37)18-6-10-25-26(13-18)39-16-38-25)19(12-20)15-33-35-29(36)28-27(17-4-2-1-3-5-17)22-14-21(32)8-9-23(22)34-28/h1-15,34H,16H2,(H,35,36). The fourth-order valence-corrected chi connectivity index (χ4v) is 5.22. The van der Waals surface area contributed by atoms with Crippen molar-refractivity contribution in [3.63, 3.8) is 0 Å². The molecule has 8 nitrogen and oxygen atoms in total. The Kier molecular flexibility index (Phi) is 7.27. The molecule has 4 aromatic carbocycles. The molecule has 1 aliphatic heterocycles. The van der Waals surface area contributed by atoms with Crippen LogP contribution in [-0.4, -0.2) is 29.9 Å². The highest BCUT2D eigenvalue weighted by molar-refractivity contribution is 14.1. The van der Waals surface area contributed by atoms with Gasteiger partial charge in [-0.3, -0.25) is 4.79 Å². The molecule has 1 aromatic heterocycles. The van der Waals surface area contributed by atoms with Crippen molar-refractivity contribution in [2.75, 3.05) is 6.79 Å². The number of hydrogen-bond donors (Lipinski definition) is 2. The Morgan fingerprint density at radius 1 is 0.975 bits per heavy atom.